The van der Waals surface area contributed by atoms with Crippen molar-refractivity contribution in [1.29, 1.82) is 0 Å². The van der Waals surface area contributed by atoms with Crippen LogP contribution < -0.4 is 5.32 Å². The fourth-order valence-electron chi connectivity index (χ4n) is 3.69. The van der Waals surface area contributed by atoms with E-state index in [4.69, 9.17) is 0 Å². The molecule has 1 atom stereocenters. The molecular formula is C19H40N2. The lowest BCUT2D eigenvalue weighted by Gasteiger charge is -2.40. The van der Waals surface area contributed by atoms with E-state index in [1.807, 2.05) is 0 Å². The molecule has 0 aromatic carbocycles. The maximum Gasteiger partial charge on any atom is 0.00967 e. The minimum Gasteiger partial charge on any atom is -0.311 e. The van der Waals surface area contributed by atoms with Crippen molar-refractivity contribution in [2.75, 3.05) is 26.2 Å². The van der Waals surface area contributed by atoms with Gasteiger partial charge in [0, 0.05) is 18.6 Å². The highest BCUT2D eigenvalue weighted by atomic mass is 15.1. The van der Waals surface area contributed by atoms with Gasteiger partial charge >= 0.3 is 0 Å². The van der Waals surface area contributed by atoms with Crippen molar-refractivity contribution in [3.05, 3.63) is 0 Å². The zero-order valence-corrected chi connectivity index (χ0v) is 15.6. The van der Waals surface area contributed by atoms with Crippen molar-refractivity contribution in [3.8, 4) is 0 Å². The van der Waals surface area contributed by atoms with E-state index in [1.54, 1.807) is 0 Å². The third-order valence-corrected chi connectivity index (χ3v) is 4.91. The zero-order valence-electron chi connectivity index (χ0n) is 15.6. The molecule has 126 valence electrons. The number of hydrogen-bond acceptors (Lipinski definition) is 2. The molecule has 2 nitrogen and oxygen atoms in total. The summed E-state index contributed by atoms with van der Waals surface area (Å²) in [5.41, 5.74) is 0.642. The lowest BCUT2D eigenvalue weighted by Crippen LogP contribution is -2.49. The first kappa shape index (κ1) is 19.0. The van der Waals surface area contributed by atoms with Crippen molar-refractivity contribution >= 4 is 0 Å². The summed E-state index contributed by atoms with van der Waals surface area (Å²) in [6, 6.07) is 0. The highest BCUT2D eigenvalue weighted by Gasteiger charge is 2.29. The first-order valence-corrected chi connectivity index (χ1v) is 9.25. The predicted molar refractivity (Wildman–Crippen MR) is 94.8 cm³/mol. The van der Waals surface area contributed by atoms with Gasteiger partial charge in [0.15, 0.2) is 0 Å². The molecule has 2 heteroatoms. The Hall–Kier alpha value is -0.0800. The quantitative estimate of drug-likeness (QED) is 0.699. The summed E-state index contributed by atoms with van der Waals surface area (Å²) in [6.07, 6.45) is 8.24. The minimum absolute atomic E-state index is 0.225. The third kappa shape index (κ3) is 7.65. The summed E-state index contributed by atoms with van der Waals surface area (Å²) in [6.45, 7) is 19.0. The lowest BCUT2D eigenvalue weighted by atomic mass is 9.83. The van der Waals surface area contributed by atoms with Crippen LogP contribution in [-0.4, -0.2) is 36.6 Å². The molecule has 1 rings (SSSR count). The molecule has 0 aromatic rings. The van der Waals surface area contributed by atoms with E-state index in [9.17, 15) is 0 Å². The topological polar surface area (TPSA) is 15.3 Å². The van der Waals surface area contributed by atoms with Crippen molar-refractivity contribution in [1.82, 2.24) is 10.2 Å². The van der Waals surface area contributed by atoms with E-state index in [0.717, 1.165) is 12.5 Å². The first-order chi connectivity index (χ1) is 9.78. The van der Waals surface area contributed by atoms with E-state index in [-0.39, 0.29) is 5.54 Å². The van der Waals surface area contributed by atoms with Gasteiger partial charge in [0.1, 0.15) is 0 Å². The molecule has 0 spiro atoms. The summed E-state index contributed by atoms with van der Waals surface area (Å²) < 4.78 is 0. The molecule has 1 saturated heterocycles. The SMILES string of the molecule is CCCC1CCN(CC(C)(CCC)CNC(C)(C)C)CC1. The maximum absolute atomic E-state index is 3.74. The predicted octanol–water partition coefficient (Wildman–Crippen LogP) is 4.69. The Labute approximate surface area is 134 Å². The number of rotatable bonds is 8. The number of likely N-dealkylation sites (tertiary alicyclic amines) is 1. The van der Waals surface area contributed by atoms with Crippen molar-refractivity contribution in [3.63, 3.8) is 0 Å². The minimum atomic E-state index is 0.225. The van der Waals surface area contributed by atoms with Gasteiger partial charge in [-0.15, -0.1) is 0 Å². The van der Waals surface area contributed by atoms with Crippen LogP contribution in [0.1, 0.15) is 80.1 Å². The van der Waals surface area contributed by atoms with Crippen LogP contribution in [0.3, 0.4) is 0 Å². The standard InChI is InChI=1S/C19H40N2/c1-7-9-17-10-13-21(14-11-17)16-19(6,12-8-2)15-20-18(3,4)5/h17,20H,7-16H2,1-6H3. The summed E-state index contributed by atoms with van der Waals surface area (Å²) in [4.78, 5) is 2.73. The summed E-state index contributed by atoms with van der Waals surface area (Å²) in [5.74, 6) is 0.997. The Balaban J connectivity index is 2.46. The Kier molecular flexibility index (Phi) is 7.70. The van der Waals surface area contributed by atoms with Gasteiger partial charge in [0.05, 0.1) is 0 Å². The van der Waals surface area contributed by atoms with Gasteiger partial charge in [-0.25, -0.2) is 0 Å². The molecule has 0 amide bonds. The first-order valence-electron chi connectivity index (χ1n) is 9.25. The van der Waals surface area contributed by atoms with E-state index in [0.29, 0.717) is 5.41 Å². The van der Waals surface area contributed by atoms with Gasteiger partial charge in [-0.05, 0) is 64.5 Å². The number of nitrogens with one attached hydrogen (secondary N) is 1. The Morgan fingerprint density at radius 1 is 1.00 bits per heavy atom. The van der Waals surface area contributed by atoms with E-state index in [2.05, 4.69) is 51.8 Å². The van der Waals surface area contributed by atoms with Crippen LogP contribution in [0.4, 0.5) is 0 Å². The van der Waals surface area contributed by atoms with Crippen LogP contribution in [0.15, 0.2) is 0 Å². The molecule has 1 heterocycles. The molecule has 0 aliphatic carbocycles. The van der Waals surface area contributed by atoms with Gasteiger partial charge in [-0.1, -0.05) is 40.0 Å². The van der Waals surface area contributed by atoms with Crippen LogP contribution in [0.5, 0.6) is 0 Å². The van der Waals surface area contributed by atoms with Crippen molar-refractivity contribution in [2.24, 2.45) is 11.3 Å². The van der Waals surface area contributed by atoms with Gasteiger partial charge in [0.2, 0.25) is 0 Å². The lowest BCUT2D eigenvalue weighted by molar-refractivity contribution is 0.104. The number of piperidine rings is 1. The third-order valence-electron chi connectivity index (χ3n) is 4.91. The molecule has 1 fully saturated rings. The van der Waals surface area contributed by atoms with E-state index < -0.39 is 0 Å². The maximum atomic E-state index is 3.74. The van der Waals surface area contributed by atoms with Crippen molar-refractivity contribution < 1.29 is 0 Å². The van der Waals surface area contributed by atoms with E-state index >= 15 is 0 Å². The monoisotopic (exact) mass is 296 g/mol. The smallest absolute Gasteiger partial charge is 0.00967 e. The summed E-state index contributed by atoms with van der Waals surface area (Å²) in [5, 5.41) is 3.74. The highest BCUT2D eigenvalue weighted by Crippen LogP contribution is 2.28. The zero-order chi connectivity index (χ0) is 15.9. The fraction of sp³-hybridized carbons (Fsp3) is 1.00. The molecule has 1 unspecified atom stereocenters. The van der Waals surface area contributed by atoms with Crippen LogP contribution >= 0.6 is 0 Å². The Bertz CT molecular complexity index is 274. The average Bonchev–Trinajstić information content (AvgIpc) is 2.39. The van der Waals surface area contributed by atoms with Gasteiger partial charge in [-0.3, -0.25) is 0 Å². The summed E-state index contributed by atoms with van der Waals surface area (Å²) >= 11 is 0. The Morgan fingerprint density at radius 3 is 2.10 bits per heavy atom. The van der Waals surface area contributed by atoms with Gasteiger partial charge < -0.3 is 10.2 Å². The van der Waals surface area contributed by atoms with Gasteiger partial charge in [0.25, 0.3) is 0 Å². The molecule has 0 radical (unpaired) electrons. The van der Waals surface area contributed by atoms with Crippen molar-refractivity contribution in [2.45, 2.75) is 85.6 Å². The molecule has 21 heavy (non-hydrogen) atoms. The second kappa shape index (κ2) is 8.53. The molecule has 0 bridgehead atoms. The molecule has 1 N–H and O–H groups in total. The van der Waals surface area contributed by atoms with Crippen LogP contribution in [0, 0.1) is 11.3 Å². The second-order valence-electron chi connectivity index (χ2n) is 8.67. The molecule has 1 aliphatic heterocycles. The number of hydrogen-bond donors (Lipinski definition) is 1. The van der Waals surface area contributed by atoms with Crippen LogP contribution in [0.25, 0.3) is 0 Å². The Morgan fingerprint density at radius 2 is 1.62 bits per heavy atom. The average molecular weight is 297 g/mol. The van der Waals surface area contributed by atoms with Crippen LogP contribution in [0.2, 0.25) is 0 Å². The van der Waals surface area contributed by atoms with Gasteiger partial charge in [-0.2, -0.15) is 0 Å². The fourth-order valence-corrected chi connectivity index (χ4v) is 3.69. The summed E-state index contributed by atoms with van der Waals surface area (Å²) in [7, 11) is 0. The molecule has 1 aliphatic rings. The van der Waals surface area contributed by atoms with E-state index in [1.165, 1.54) is 58.2 Å². The second-order valence-corrected chi connectivity index (χ2v) is 8.67. The largest absolute Gasteiger partial charge is 0.311 e. The number of nitrogens with zero attached hydrogens (tertiary/aromatic N) is 1. The molecule has 0 saturated carbocycles. The molecule has 0 aromatic heterocycles. The normalized spacial score (nSPS) is 21.4. The highest BCUT2D eigenvalue weighted by molar-refractivity contribution is 4.85. The van der Waals surface area contributed by atoms with Crippen LogP contribution in [-0.2, 0) is 0 Å². The molecular weight excluding hydrogens is 256 g/mol.